The number of aliphatic hydroxyl groups excluding tert-OH is 5. The maximum absolute atomic E-state index is 14.3. The number of benzene rings is 4. The molecule has 4 aromatic rings. The Labute approximate surface area is 265 Å². The first kappa shape index (κ1) is 31.8. The molecule has 8 atom stereocenters. The highest BCUT2D eigenvalue weighted by atomic mass is 19.1. The van der Waals surface area contributed by atoms with Crippen LogP contribution in [0.4, 0.5) is 10.1 Å². The third kappa shape index (κ3) is 5.79. The molecule has 240 valence electrons. The van der Waals surface area contributed by atoms with Gasteiger partial charge < -0.3 is 40.3 Å². The van der Waals surface area contributed by atoms with Gasteiger partial charge in [0.25, 0.3) is 0 Å². The summed E-state index contributed by atoms with van der Waals surface area (Å²) in [5, 5.41) is 63.2. The van der Waals surface area contributed by atoms with Gasteiger partial charge in [-0.15, -0.1) is 0 Å². The van der Waals surface area contributed by atoms with Gasteiger partial charge in [-0.25, -0.2) is 4.39 Å². The number of aromatic hydroxyl groups is 1. The minimum atomic E-state index is -1.56. The monoisotopic (exact) mass is 629 g/mol. The second-order valence-corrected chi connectivity index (χ2v) is 11.8. The van der Waals surface area contributed by atoms with Crippen molar-refractivity contribution < 1.29 is 44.6 Å². The van der Waals surface area contributed by atoms with E-state index in [1.807, 2.05) is 30.3 Å². The number of halogens is 1. The van der Waals surface area contributed by atoms with E-state index in [-0.39, 0.29) is 30.1 Å². The van der Waals surface area contributed by atoms with Gasteiger partial charge in [-0.05, 0) is 53.8 Å². The van der Waals surface area contributed by atoms with Crippen LogP contribution in [0.15, 0.2) is 97.1 Å². The number of hydrogen-bond acceptors (Lipinski definition) is 8. The van der Waals surface area contributed by atoms with E-state index in [0.29, 0.717) is 27.9 Å². The Morgan fingerprint density at radius 2 is 1.52 bits per heavy atom. The molecular weight excluding hydrogens is 593 g/mol. The second kappa shape index (κ2) is 13.3. The van der Waals surface area contributed by atoms with Crippen LogP contribution in [0.25, 0.3) is 11.1 Å². The van der Waals surface area contributed by atoms with Crippen LogP contribution in [-0.2, 0) is 9.53 Å². The zero-order valence-corrected chi connectivity index (χ0v) is 24.8. The van der Waals surface area contributed by atoms with Crippen LogP contribution in [0.2, 0.25) is 0 Å². The average Bonchev–Trinajstić information content (AvgIpc) is 3.07. The molecule has 9 nitrogen and oxygen atoms in total. The Morgan fingerprint density at radius 3 is 2.24 bits per heavy atom. The van der Waals surface area contributed by atoms with Crippen LogP contribution >= 0.6 is 0 Å². The van der Waals surface area contributed by atoms with E-state index in [2.05, 4.69) is 0 Å². The summed E-state index contributed by atoms with van der Waals surface area (Å²) in [4.78, 5) is 15.2. The molecule has 2 heterocycles. The molecule has 6 rings (SSSR count). The van der Waals surface area contributed by atoms with Gasteiger partial charge in [-0.2, -0.15) is 0 Å². The number of ether oxygens (including phenoxy) is 1. The van der Waals surface area contributed by atoms with Crippen molar-refractivity contribution in [3.8, 4) is 16.9 Å². The number of carbonyl (C=O) groups excluding carboxylic acids is 1. The Hall–Kier alpha value is -4.16. The van der Waals surface area contributed by atoms with E-state index in [1.165, 1.54) is 12.1 Å². The fourth-order valence-electron chi connectivity index (χ4n) is 6.64. The number of nitrogens with zero attached hydrogens (tertiary/aromatic N) is 1. The van der Waals surface area contributed by atoms with Crippen LogP contribution in [0.3, 0.4) is 0 Å². The number of aliphatic hydroxyl groups is 5. The maximum atomic E-state index is 14.3. The molecular formula is C36H36FNO8. The van der Waals surface area contributed by atoms with Gasteiger partial charge in [0.05, 0.1) is 24.7 Å². The Balaban J connectivity index is 1.31. The van der Waals surface area contributed by atoms with Gasteiger partial charge in [0, 0.05) is 16.8 Å². The zero-order valence-electron chi connectivity index (χ0n) is 24.8. The van der Waals surface area contributed by atoms with Crippen molar-refractivity contribution in [2.24, 2.45) is 5.92 Å². The predicted octanol–water partition coefficient (Wildman–Crippen LogP) is 3.93. The van der Waals surface area contributed by atoms with Crippen LogP contribution in [0.5, 0.6) is 5.75 Å². The topological polar surface area (TPSA) is 151 Å². The molecule has 46 heavy (non-hydrogen) atoms. The first-order valence-electron chi connectivity index (χ1n) is 15.2. The summed E-state index contributed by atoms with van der Waals surface area (Å²) in [7, 11) is 0. The van der Waals surface area contributed by atoms with Crippen molar-refractivity contribution in [2.75, 3.05) is 11.5 Å². The lowest BCUT2D eigenvalue weighted by molar-refractivity contribution is -0.231. The Kier molecular flexibility index (Phi) is 9.19. The van der Waals surface area contributed by atoms with Gasteiger partial charge >= 0.3 is 0 Å². The van der Waals surface area contributed by atoms with Crippen molar-refractivity contribution in [1.29, 1.82) is 0 Å². The number of hydrogen-bond donors (Lipinski definition) is 6. The van der Waals surface area contributed by atoms with E-state index < -0.39 is 61.0 Å². The fraction of sp³-hybridized carbons (Fsp3) is 0.306. The van der Waals surface area contributed by atoms with Gasteiger partial charge in [-0.1, -0.05) is 72.8 Å². The normalized spacial score (nSPS) is 26.9. The molecule has 2 aliphatic rings. The largest absolute Gasteiger partial charge is 0.507 e. The number of rotatable bonds is 9. The van der Waals surface area contributed by atoms with Crippen molar-refractivity contribution in [2.45, 2.75) is 55.5 Å². The summed E-state index contributed by atoms with van der Waals surface area (Å²) in [6.45, 7) is -0.569. The van der Waals surface area contributed by atoms with Gasteiger partial charge in [0.15, 0.2) is 0 Å². The van der Waals surface area contributed by atoms with Gasteiger partial charge in [-0.3, -0.25) is 4.79 Å². The lowest BCUT2D eigenvalue weighted by Gasteiger charge is -2.48. The maximum Gasteiger partial charge on any atom is 0.233 e. The minimum absolute atomic E-state index is 0.105. The number of anilines is 1. The molecule has 0 radical (unpaired) electrons. The van der Waals surface area contributed by atoms with Gasteiger partial charge in [0.2, 0.25) is 5.91 Å². The lowest BCUT2D eigenvalue weighted by atomic mass is 9.77. The number of phenols is 1. The van der Waals surface area contributed by atoms with E-state index in [9.17, 15) is 39.8 Å². The van der Waals surface area contributed by atoms with Crippen LogP contribution < -0.4 is 4.90 Å². The van der Waals surface area contributed by atoms with Crippen LogP contribution in [0, 0.1) is 11.7 Å². The summed E-state index contributed by atoms with van der Waals surface area (Å²) in [5.74, 6) is -1.30. The molecule has 0 unspecified atom stereocenters. The summed E-state index contributed by atoms with van der Waals surface area (Å²) in [6.07, 6.45) is -7.41. The number of para-hydroxylation sites is 1. The Bertz CT molecular complexity index is 1680. The highest BCUT2D eigenvalue weighted by Gasteiger charge is 2.49. The molecule has 0 bridgehead atoms. The molecule has 6 N–H and O–H groups in total. The molecule has 0 aliphatic carbocycles. The SMILES string of the molecule is O=C1[C@H](CC[C@H](O)c2ccccc2F)[C@@H](c2ccc(-c3ccccc3[C@@H]3O[C@H](CO)[C@@H](O)[C@H](O)[C@H]3O)c(O)c2)N1c1ccccc1. The van der Waals surface area contributed by atoms with E-state index in [0.717, 1.165) is 0 Å². The predicted molar refractivity (Wildman–Crippen MR) is 167 cm³/mol. The summed E-state index contributed by atoms with van der Waals surface area (Å²) in [5.41, 5.74) is 2.85. The summed E-state index contributed by atoms with van der Waals surface area (Å²) in [6, 6.07) is 26.6. The molecule has 10 heteroatoms. The van der Waals surface area contributed by atoms with Crippen LogP contribution in [0.1, 0.15) is 47.8 Å². The number of β-lactam (4-membered cyclic amide) rings is 1. The molecule has 4 aromatic carbocycles. The van der Waals surface area contributed by atoms with Gasteiger partial charge in [0.1, 0.15) is 42.1 Å². The smallest absolute Gasteiger partial charge is 0.233 e. The van der Waals surface area contributed by atoms with Crippen molar-refractivity contribution in [3.05, 3.63) is 120 Å². The fourth-order valence-corrected chi connectivity index (χ4v) is 6.64. The molecule has 2 saturated heterocycles. The first-order chi connectivity index (χ1) is 22.2. The minimum Gasteiger partial charge on any atom is -0.507 e. The number of carbonyl (C=O) groups is 1. The van der Waals surface area contributed by atoms with Crippen molar-refractivity contribution in [1.82, 2.24) is 0 Å². The molecule has 2 aliphatic heterocycles. The summed E-state index contributed by atoms with van der Waals surface area (Å²) >= 11 is 0. The van der Waals surface area contributed by atoms with Crippen molar-refractivity contribution >= 4 is 11.6 Å². The number of amides is 1. The molecule has 0 spiro atoms. The van der Waals surface area contributed by atoms with Crippen LogP contribution in [-0.4, -0.2) is 67.6 Å². The van der Waals surface area contributed by atoms with E-state index in [1.54, 1.807) is 59.5 Å². The highest BCUT2D eigenvalue weighted by Crippen LogP contribution is 2.48. The third-order valence-electron chi connectivity index (χ3n) is 9.08. The molecule has 1 amide bonds. The number of phenolic OH excluding ortho intramolecular Hbond substituents is 1. The zero-order chi connectivity index (χ0) is 32.5. The quantitative estimate of drug-likeness (QED) is 0.153. The lowest BCUT2D eigenvalue weighted by Crippen LogP contribution is -2.55. The van der Waals surface area contributed by atoms with Crippen molar-refractivity contribution in [3.63, 3.8) is 0 Å². The third-order valence-corrected chi connectivity index (χ3v) is 9.08. The Morgan fingerprint density at radius 1 is 0.826 bits per heavy atom. The second-order valence-electron chi connectivity index (χ2n) is 11.8. The summed E-state index contributed by atoms with van der Waals surface area (Å²) < 4.78 is 20.1. The first-order valence-corrected chi connectivity index (χ1v) is 15.2. The van der Waals surface area contributed by atoms with E-state index >= 15 is 0 Å². The molecule has 0 aromatic heterocycles. The highest BCUT2D eigenvalue weighted by molar-refractivity contribution is 6.03. The standard InChI is InChI=1S/C36H36FNO8/c37-27-13-7-6-12-25(27)28(40)17-16-26-31(38(36(26)45)21-8-2-1-3-9-21)20-14-15-23(29(41)18-20)22-10-4-5-11-24(22)35-34(44)33(43)32(42)30(19-39)46-35/h1-15,18,26,28,30-35,39-44H,16-17,19H2/t26-,28+,30-,31-,32-,33+,34-,35+/m1/s1. The molecule has 0 saturated carbocycles. The van der Waals surface area contributed by atoms with E-state index in [4.69, 9.17) is 4.74 Å². The molecule has 2 fully saturated rings. The average molecular weight is 630 g/mol.